The Kier molecular flexibility index (Phi) is 5.16. The van der Waals surface area contributed by atoms with Gasteiger partial charge in [-0.25, -0.2) is 0 Å². The lowest BCUT2D eigenvalue weighted by Crippen LogP contribution is -2.36. The van der Waals surface area contributed by atoms with Crippen LogP contribution in [-0.4, -0.2) is 57.4 Å². The third-order valence-electron chi connectivity index (χ3n) is 5.02. The van der Waals surface area contributed by atoms with Crippen LogP contribution in [0.4, 0.5) is 5.69 Å². The van der Waals surface area contributed by atoms with Crippen molar-refractivity contribution in [3.8, 4) is 11.5 Å². The molecule has 0 atom stereocenters. The van der Waals surface area contributed by atoms with Gasteiger partial charge in [0.25, 0.3) is 5.91 Å². The predicted molar refractivity (Wildman–Crippen MR) is 103 cm³/mol. The van der Waals surface area contributed by atoms with Crippen molar-refractivity contribution in [2.24, 2.45) is 0 Å². The Bertz CT molecular complexity index is 800. The quantitative estimate of drug-likeness (QED) is 0.833. The fourth-order valence-corrected chi connectivity index (χ4v) is 3.49. The number of methoxy groups -OCH3 is 1. The predicted octanol–water partition coefficient (Wildman–Crippen LogP) is 2.57. The molecule has 0 aromatic heterocycles. The van der Waals surface area contributed by atoms with Gasteiger partial charge in [-0.15, -0.1) is 0 Å². The van der Waals surface area contributed by atoms with Crippen molar-refractivity contribution in [2.45, 2.75) is 6.54 Å². The van der Waals surface area contributed by atoms with Crippen molar-refractivity contribution >= 4 is 11.6 Å². The summed E-state index contributed by atoms with van der Waals surface area (Å²) in [5.74, 6) is 1.61. The molecule has 142 valence electrons. The molecule has 2 aliphatic heterocycles. The third-order valence-corrected chi connectivity index (χ3v) is 5.02. The lowest BCUT2D eigenvalue weighted by Gasteiger charge is -2.29. The van der Waals surface area contributed by atoms with Crippen molar-refractivity contribution in [3.63, 3.8) is 0 Å². The zero-order valence-electron chi connectivity index (χ0n) is 15.5. The van der Waals surface area contributed by atoms with E-state index in [4.69, 9.17) is 14.2 Å². The highest BCUT2D eigenvalue weighted by Crippen LogP contribution is 2.29. The molecule has 2 heterocycles. The molecule has 2 aromatic carbocycles. The first-order valence-corrected chi connectivity index (χ1v) is 9.26. The molecule has 0 spiro atoms. The maximum atomic E-state index is 13.0. The molecule has 4 rings (SSSR count). The number of benzene rings is 2. The van der Waals surface area contributed by atoms with E-state index in [0.29, 0.717) is 25.3 Å². The highest BCUT2D eigenvalue weighted by Gasteiger charge is 2.22. The summed E-state index contributed by atoms with van der Waals surface area (Å²) in [5.41, 5.74) is 2.85. The Hall–Kier alpha value is -2.73. The molecule has 0 bridgehead atoms. The summed E-state index contributed by atoms with van der Waals surface area (Å²) in [7, 11) is 1.62. The summed E-state index contributed by atoms with van der Waals surface area (Å²) in [6, 6.07) is 13.5. The number of nitrogens with zero attached hydrogens (tertiary/aromatic N) is 2. The lowest BCUT2D eigenvalue weighted by atomic mass is 10.1. The molecule has 0 aliphatic carbocycles. The summed E-state index contributed by atoms with van der Waals surface area (Å²) >= 11 is 0. The van der Waals surface area contributed by atoms with E-state index >= 15 is 0 Å². The van der Waals surface area contributed by atoms with E-state index in [-0.39, 0.29) is 5.91 Å². The smallest absolute Gasteiger partial charge is 0.254 e. The molecule has 6 heteroatoms. The number of carbonyl (C=O) groups excluding carboxylic acids is 1. The largest absolute Gasteiger partial charge is 0.497 e. The topological polar surface area (TPSA) is 51.2 Å². The highest BCUT2D eigenvalue weighted by molar-refractivity contribution is 5.94. The van der Waals surface area contributed by atoms with Crippen LogP contribution in [0.25, 0.3) is 0 Å². The first kappa shape index (κ1) is 17.7. The van der Waals surface area contributed by atoms with Crippen LogP contribution in [0, 0.1) is 0 Å². The lowest BCUT2D eigenvalue weighted by molar-refractivity contribution is 0.0733. The average Bonchev–Trinajstić information content (AvgIpc) is 2.96. The number of ether oxygens (including phenoxy) is 3. The van der Waals surface area contributed by atoms with Gasteiger partial charge >= 0.3 is 0 Å². The van der Waals surface area contributed by atoms with Gasteiger partial charge in [0.2, 0.25) is 0 Å². The van der Waals surface area contributed by atoms with Gasteiger partial charge in [-0.05, 0) is 42.5 Å². The van der Waals surface area contributed by atoms with Crippen molar-refractivity contribution < 1.29 is 19.0 Å². The van der Waals surface area contributed by atoms with Crippen LogP contribution in [0.5, 0.6) is 11.5 Å². The minimum Gasteiger partial charge on any atom is -0.497 e. The number of fused-ring (bicyclic) bond motifs is 1. The van der Waals surface area contributed by atoms with Crippen LogP contribution in [-0.2, 0) is 11.3 Å². The monoisotopic (exact) mass is 368 g/mol. The van der Waals surface area contributed by atoms with Crippen LogP contribution in [0.3, 0.4) is 0 Å². The van der Waals surface area contributed by atoms with E-state index in [1.807, 2.05) is 23.1 Å². The first-order chi connectivity index (χ1) is 13.2. The molecule has 1 fully saturated rings. The fraction of sp³-hybridized carbons (Fsp3) is 0.381. The highest BCUT2D eigenvalue weighted by atomic mass is 16.5. The van der Waals surface area contributed by atoms with Crippen molar-refractivity contribution in [3.05, 3.63) is 53.6 Å². The Balaban J connectivity index is 1.54. The third kappa shape index (κ3) is 3.85. The molecular formula is C21H24N2O4. The van der Waals surface area contributed by atoms with Crippen molar-refractivity contribution in [2.75, 3.05) is 51.5 Å². The Labute approximate surface area is 159 Å². The fourth-order valence-electron chi connectivity index (χ4n) is 3.49. The zero-order chi connectivity index (χ0) is 18.6. The first-order valence-electron chi connectivity index (χ1n) is 9.26. The van der Waals surface area contributed by atoms with Gasteiger partial charge in [0.1, 0.15) is 18.1 Å². The molecule has 0 radical (unpaired) electrons. The number of anilines is 1. The van der Waals surface area contributed by atoms with Crippen LogP contribution in [0.1, 0.15) is 15.9 Å². The van der Waals surface area contributed by atoms with Gasteiger partial charge in [0, 0.05) is 36.4 Å². The number of amides is 1. The van der Waals surface area contributed by atoms with Crippen LogP contribution < -0.4 is 14.4 Å². The molecule has 1 saturated heterocycles. The summed E-state index contributed by atoms with van der Waals surface area (Å²) in [6.07, 6.45) is 0. The minimum absolute atomic E-state index is 0.00544. The molecule has 0 saturated carbocycles. The molecule has 0 N–H and O–H groups in total. The maximum Gasteiger partial charge on any atom is 0.254 e. The standard InChI is InChI=1S/C21H24N2O4/c1-25-19-5-2-16(3-6-19)21(24)23-10-13-27-20-7-4-18(14-17(20)15-23)22-8-11-26-12-9-22/h2-7,14H,8-13,15H2,1H3. The number of rotatable bonds is 3. The normalized spacial score (nSPS) is 16.9. The maximum absolute atomic E-state index is 13.0. The number of hydrogen-bond donors (Lipinski definition) is 0. The summed E-state index contributed by atoms with van der Waals surface area (Å²) in [5, 5.41) is 0. The van der Waals surface area contributed by atoms with Crippen molar-refractivity contribution in [1.29, 1.82) is 0 Å². The second-order valence-corrected chi connectivity index (χ2v) is 6.70. The average molecular weight is 368 g/mol. The van der Waals surface area contributed by atoms with E-state index in [9.17, 15) is 4.79 Å². The number of carbonyl (C=O) groups is 1. The van der Waals surface area contributed by atoms with Gasteiger partial charge in [-0.1, -0.05) is 0 Å². The molecule has 1 amide bonds. The van der Waals surface area contributed by atoms with E-state index in [0.717, 1.165) is 49.1 Å². The van der Waals surface area contributed by atoms with E-state index in [2.05, 4.69) is 17.0 Å². The molecule has 0 unspecified atom stereocenters. The molecule has 6 nitrogen and oxygen atoms in total. The van der Waals surface area contributed by atoms with E-state index < -0.39 is 0 Å². The SMILES string of the molecule is COc1ccc(C(=O)N2CCOc3ccc(N4CCOCC4)cc3C2)cc1. The second-order valence-electron chi connectivity index (χ2n) is 6.70. The summed E-state index contributed by atoms with van der Waals surface area (Å²) < 4.78 is 16.5. The van der Waals surface area contributed by atoms with Gasteiger partial charge in [0.15, 0.2) is 0 Å². The zero-order valence-corrected chi connectivity index (χ0v) is 15.5. The van der Waals surface area contributed by atoms with Gasteiger partial charge in [-0.2, -0.15) is 0 Å². The van der Waals surface area contributed by atoms with Gasteiger partial charge in [-0.3, -0.25) is 4.79 Å². The van der Waals surface area contributed by atoms with E-state index in [1.54, 1.807) is 19.2 Å². The summed E-state index contributed by atoms with van der Waals surface area (Å²) in [4.78, 5) is 17.1. The van der Waals surface area contributed by atoms with Crippen LogP contribution in [0.2, 0.25) is 0 Å². The van der Waals surface area contributed by atoms with Crippen molar-refractivity contribution in [1.82, 2.24) is 4.90 Å². The number of morpholine rings is 1. The van der Waals surface area contributed by atoms with Crippen LogP contribution >= 0.6 is 0 Å². The van der Waals surface area contributed by atoms with E-state index in [1.165, 1.54) is 0 Å². The molecule has 2 aromatic rings. The Morgan fingerprint density at radius 2 is 1.78 bits per heavy atom. The Morgan fingerprint density at radius 1 is 1.00 bits per heavy atom. The van der Waals surface area contributed by atoms with Crippen LogP contribution in [0.15, 0.2) is 42.5 Å². The molecule has 2 aliphatic rings. The Morgan fingerprint density at radius 3 is 2.52 bits per heavy atom. The number of hydrogen-bond acceptors (Lipinski definition) is 5. The second kappa shape index (κ2) is 7.88. The molecular weight excluding hydrogens is 344 g/mol. The van der Waals surface area contributed by atoms with Gasteiger partial charge < -0.3 is 24.0 Å². The molecule has 27 heavy (non-hydrogen) atoms. The summed E-state index contributed by atoms with van der Waals surface area (Å²) in [6.45, 7) is 4.85. The minimum atomic E-state index is 0.00544. The van der Waals surface area contributed by atoms with Gasteiger partial charge in [0.05, 0.1) is 26.9 Å².